The summed E-state index contributed by atoms with van der Waals surface area (Å²) in [5.41, 5.74) is 4.42. The van der Waals surface area contributed by atoms with Gasteiger partial charge in [0, 0.05) is 18.8 Å². The summed E-state index contributed by atoms with van der Waals surface area (Å²) in [6, 6.07) is 16.5. The van der Waals surface area contributed by atoms with Crippen LogP contribution in [0, 0.1) is 0 Å². The monoisotopic (exact) mass is 377 g/mol. The van der Waals surface area contributed by atoms with Gasteiger partial charge in [0.05, 0.1) is 10.6 Å². The van der Waals surface area contributed by atoms with E-state index in [-0.39, 0.29) is 5.91 Å². The average Bonchev–Trinajstić information content (AvgIpc) is 3.34. The SMILES string of the molecule is CCc1ccc(N=C2NC(=O)/C(=C/c3ccc(N4CCCC4)cc3)S2)cc1. The lowest BCUT2D eigenvalue weighted by Gasteiger charge is -2.17. The number of aliphatic imine (C=N–C) groups is 1. The maximum absolute atomic E-state index is 12.3. The minimum absolute atomic E-state index is 0.0902. The molecular formula is C22H23N3OS. The largest absolute Gasteiger partial charge is 0.372 e. The molecule has 2 aromatic rings. The molecule has 2 aliphatic heterocycles. The normalized spacial score (nSPS) is 19.9. The van der Waals surface area contributed by atoms with Crippen molar-refractivity contribution in [2.75, 3.05) is 18.0 Å². The molecular weight excluding hydrogens is 354 g/mol. The Bertz CT molecular complexity index is 879. The second kappa shape index (κ2) is 8.01. The van der Waals surface area contributed by atoms with Gasteiger partial charge in [0.25, 0.3) is 5.91 Å². The van der Waals surface area contributed by atoms with Gasteiger partial charge < -0.3 is 10.2 Å². The molecule has 0 bridgehead atoms. The zero-order valence-electron chi connectivity index (χ0n) is 15.4. The maximum Gasteiger partial charge on any atom is 0.264 e. The second-order valence-corrected chi connectivity index (χ2v) is 7.82. The molecule has 0 atom stereocenters. The molecule has 1 N–H and O–H groups in total. The molecule has 1 amide bonds. The van der Waals surface area contributed by atoms with Gasteiger partial charge in [-0.1, -0.05) is 31.2 Å². The Hall–Kier alpha value is -2.53. The number of hydrogen-bond acceptors (Lipinski definition) is 4. The van der Waals surface area contributed by atoms with Crippen molar-refractivity contribution in [1.29, 1.82) is 0 Å². The molecule has 0 unspecified atom stereocenters. The molecule has 2 heterocycles. The maximum atomic E-state index is 12.3. The van der Waals surface area contributed by atoms with E-state index in [0.29, 0.717) is 10.1 Å². The van der Waals surface area contributed by atoms with Crippen molar-refractivity contribution < 1.29 is 4.79 Å². The van der Waals surface area contributed by atoms with Crippen molar-refractivity contribution in [2.45, 2.75) is 26.2 Å². The van der Waals surface area contributed by atoms with Crippen molar-refractivity contribution in [2.24, 2.45) is 4.99 Å². The van der Waals surface area contributed by atoms with E-state index in [9.17, 15) is 4.79 Å². The van der Waals surface area contributed by atoms with E-state index in [2.05, 4.69) is 58.5 Å². The van der Waals surface area contributed by atoms with Gasteiger partial charge in [0.2, 0.25) is 0 Å². The van der Waals surface area contributed by atoms with Crippen LogP contribution in [-0.2, 0) is 11.2 Å². The fraction of sp³-hybridized carbons (Fsp3) is 0.273. The van der Waals surface area contributed by atoms with Crippen molar-refractivity contribution in [3.63, 3.8) is 0 Å². The van der Waals surface area contributed by atoms with Crippen LogP contribution in [-0.4, -0.2) is 24.2 Å². The molecule has 5 heteroatoms. The predicted octanol–water partition coefficient (Wildman–Crippen LogP) is 4.74. The number of nitrogens with one attached hydrogen (secondary N) is 1. The molecule has 0 spiro atoms. The summed E-state index contributed by atoms with van der Waals surface area (Å²) >= 11 is 1.39. The molecule has 2 fully saturated rings. The average molecular weight is 378 g/mol. The number of thioether (sulfide) groups is 1. The number of amidine groups is 1. The second-order valence-electron chi connectivity index (χ2n) is 6.79. The number of aryl methyl sites for hydroxylation is 1. The number of hydrogen-bond donors (Lipinski definition) is 1. The summed E-state index contributed by atoms with van der Waals surface area (Å²) in [6.07, 6.45) is 5.47. The van der Waals surface area contributed by atoms with E-state index in [1.54, 1.807) is 0 Å². The molecule has 0 aromatic heterocycles. The molecule has 27 heavy (non-hydrogen) atoms. The number of amides is 1. The third kappa shape index (κ3) is 4.25. The van der Waals surface area contributed by atoms with E-state index in [1.807, 2.05) is 18.2 Å². The van der Waals surface area contributed by atoms with Crippen LogP contribution in [0.3, 0.4) is 0 Å². The van der Waals surface area contributed by atoms with Crippen LogP contribution in [0.2, 0.25) is 0 Å². The third-order valence-electron chi connectivity index (χ3n) is 4.89. The lowest BCUT2D eigenvalue weighted by Crippen LogP contribution is -2.19. The minimum atomic E-state index is -0.0902. The molecule has 0 aliphatic carbocycles. The van der Waals surface area contributed by atoms with Crippen LogP contribution in [0.5, 0.6) is 0 Å². The van der Waals surface area contributed by atoms with E-state index in [1.165, 1.54) is 35.9 Å². The Balaban J connectivity index is 1.47. The summed E-state index contributed by atoms with van der Waals surface area (Å²) in [6.45, 7) is 4.40. The Morgan fingerprint density at radius 3 is 2.44 bits per heavy atom. The molecule has 0 radical (unpaired) electrons. The summed E-state index contributed by atoms with van der Waals surface area (Å²) in [7, 11) is 0. The summed E-state index contributed by atoms with van der Waals surface area (Å²) in [5, 5.41) is 3.48. The molecule has 4 rings (SSSR count). The fourth-order valence-corrected chi connectivity index (χ4v) is 4.15. The van der Waals surface area contributed by atoms with Gasteiger partial charge in [-0.3, -0.25) is 4.79 Å². The highest BCUT2D eigenvalue weighted by Crippen LogP contribution is 2.29. The molecule has 4 nitrogen and oxygen atoms in total. The van der Waals surface area contributed by atoms with Crippen molar-refractivity contribution in [1.82, 2.24) is 5.32 Å². The summed E-state index contributed by atoms with van der Waals surface area (Å²) in [5.74, 6) is -0.0902. The van der Waals surface area contributed by atoms with Crippen LogP contribution in [0.4, 0.5) is 11.4 Å². The quantitative estimate of drug-likeness (QED) is 0.783. The fourth-order valence-electron chi connectivity index (χ4n) is 3.31. The van der Waals surface area contributed by atoms with Crippen LogP contribution in [0.25, 0.3) is 6.08 Å². The molecule has 0 saturated carbocycles. The van der Waals surface area contributed by atoms with Gasteiger partial charge in [-0.2, -0.15) is 0 Å². The number of carbonyl (C=O) groups excluding carboxylic acids is 1. The number of benzene rings is 2. The van der Waals surface area contributed by atoms with E-state index >= 15 is 0 Å². The van der Waals surface area contributed by atoms with E-state index in [4.69, 9.17) is 0 Å². The first-order valence-corrected chi connectivity index (χ1v) is 10.3. The number of nitrogens with zero attached hydrogens (tertiary/aromatic N) is 2. The van der Waals surface area contributed by atoms with E-state index in [0.717, 1.165) is 30.8 Å². The number of anilines is 1. The lowest BCUT2D eigenvalue weighted by atomic mass is 10.2. The number of carbonyl (C=O) groups is 1. The summed E-state index contributed by atoms with van der Waals surface area (Å²) in [4.78, 5) is 19.9. The van der Waals surface area contributed by atoms with Gasteiger partial charge in [0.1, 0.15) is 0 Å². The van der Waals surface area contributed by atoms with Crippen LogP contribution >= 0.6 is 11.8 Å². The zero-order valence-corrected chi connectivity index (χ0v) is 16.3. The zero-order chi connectivity index (χ0) is 18.6. The Labute approximate surface area is 164 Å². The number of rotatable bonds is 4. The van der Waals surface area contributed by atoms with Gasteiger partial charge in [0.15, 0.2) is 5.17 Å². The molecule has 2 aliphatic rings. The first-order chi connectivity index (χ1) is 13.2. The topological polar surface area (TPSA) is 44.7 Å². The van der Waals surface area contributed by atoms with Crippen LogP contribution < -0.4 is 10.2 Å². The molecule has 138 valence electrons. The Morgan fingerprint density at radius 1 is 1.07 bits per heavy atom. The van der Waals surface area contributed by atoms with Gasteiger partial charge in [-0.05, 0) is 72.5 Å². The van der Waals surface area contributed by atoms with Crippen LogP contribution in [0.1, 0.15) is 30.9 Å². The lowest BCUT2D eigenvalue weighted by molar-refractivity contribution is -0.115. The first kappa shape index (κ1) is 17.9. The van der Waals surface area contributed by atoms with Gasteiger partial charge >= 0.3 is 0 Å². The Morgan fingerprint density at radius 2 is 1.78 bits per heavy atom. The predicted molar refractivity (Wildman–Crippen MR) is 115 cm³/mol. The smallest absolute Gasteiger partial charge is 0.264 e. The highest BCUT2D eigenvalue weighted by atomic mass is 32.2. The van der Waals surface area contributed by atoms with Crippen LogP contribution in [0.15, 0.2) is 58.4 Å². The highest BCUT2D eigenvalue weighted by molar-refractivity contribution is 8.18. The third-order valence-corrected chi connectivity index (χ3v) is 5.80. The minimum Gasteiger partial charge on any atom is -0.372 e. The van der Waals surface area contributed by atoms with Crippen molar-refractivity contribution in [3.8, 4) is 0 Å². The molecule has 2 saturated heterocycles. The van der Waals surface area contributed by atoms with Crippen molar-refractivity contribution >= 4 is 40.3 Å². The summed E-state index contributed by atoms with van der Waals surface area (Å²) < 4.78 is 0. The van der Waals surface area contributed by atoms with Gasteiger partial charge in [-0.25, -0.2) is 4.99 Å². The van der Waals surface area contributed by atoms with E-state index < -0.39 is 0 Å². The van der Waals surface area contributed by atoms with Gasteiger partial charge in [-0.15, -0.1) is 0 Å². The Kier molecular flexibility index (Phi) is 5.30. The first-order valence-electron chi connectivity index (χ1n) is 9.45. The highest BCUT2D eigenvalue weighted by Gasteiger charge is 2.23. The standard InChI is InChI=1S/C22H23N3OS/c1-2-16-5-9-18(10-6-16)23-22-24-21(26)20(27-22)15-17-7-11-19(12-8-17)25-13-3-4-14-25/h5-12,15H,2-4,13-14H2,1H3,(H,23,24,26)/b20-15-. The van der Waals surface area contributed by atoms with Crippen molar-refractivity contribution in [3.05, 3.63) is 64.6 Å². The molecule has 2 aromatic carbocycles.